The molecule has 0 unspecified atom stereocenters. The standard InChI is InChI=1S/C13H16N2O4S/c1-3-14-11-9-7-5-6-8-10(9)19-13(16)12(11)15-20(17,18)4-2/h5-8,14-15H,3-4H2,1-2H3. The van der Waals surface area contributed by atoms with Crippen LogP contribution in [0.5, 0.6) is 0 Å². The molecule has 0 aliphatic heterocycles. The molecule has 0 atom stereocenters. The Morgan fingerprint density at radius 1 is 1.15 bits per heavy atom. The maximum atomic E-state index is 12.0. The molecule has 20 heavy (non-hydrogen) atoms. The van der Waals surface area contributed by atoms with Crippen molar-refractivity contribution in [3.05, 3.63) is 34.7 Å². The van der Waals surface area contributed by atoms with Crippen LogP contribution in [0.4, 0.5) is 11.4 Å². The van der Waals surface area contributed by atoms with Crippen LogP contribution in [0.1, 0.15) is 13.8 Å². The normalized spacial score (nSPS) is 11.5. The highest BCUT2D eigenvalue weighted by atomic mass is 32.2. The largest absolute Gasteiger partial charge is 0.421 e. The van der Waals surface area contributed by atoms with Crippen molar-refractivity contribution < 1.29 is 12.8 Å². The van der Waals surface area contributed by atoms with E-state index < -0.39 is 15.6 Å². The molecule has 1 aromatic carbocycles. The third kappa shape index (κ3) is 2.77. The molecule has 2 aromatic rings. The van der Waals surface area contributed by atoms with E-state index in [-0.39, 0.29) is 11.4 Å². The summed E-state index contributed by atoms with van der Waals surface area (Å²) in [6.07, 6.45) is 0. The Labute approximate surface area is 116 Å². The fraction of sp³-hybridized carbons (Fsp3) is 0.308. The zero-order valence-corrected chi connectivity index (χ0v) is 12.1. The second-order valence-electron chi connectivity index (χ2n) is 4.17. The molecule has 6 nitrogen and oxygen atoms in total. The topological polar surface area (TPSA) is 88.4 Å². The quantitative estimate of drug-likeness (QED) is 0.824. The van der Waals surface area contributed by atoms with Crippen molar-refractivity contribution in [3.63, 3.8) is 0 Å². The van der Waals surface area contributed by atoms with E-state index in [1.54, 1.807) is 24.3 Å². The summed E-state index contributed by atoms with van der Waals surface area (Å²) in [5.74, 6) is -0.120. The maximum Gasteiger partial charge on any atom is 0.363 e. The summed E-state index contributed by atoms with van der Waals surface area (Å²) in [4.78, 5) is 12.0. The van der Waals surface area contributed by atoms with Gasteiger partial charge in [0.25, 0.3) is 0 Å². The highest BCUT2D eigenvalue weighted by Gasteiger charge is 2.18. The molecule has 0 bridgehead atoms. The molecule has 0 fully saturated rings. The van der Waals surface area contributed by atoms with Crippen LogP contribution in [-0.2, 0) is 10.0 Å². The molecule has 1 aromatic heterocycles. The molecule has 0 saturated carbocycles. The molecule has 1 heterocycles. The Balaban J connectivity index is 2.72. The summed E-state index contributed by atoms with van der Waals surface area (Å²) in [7, 11) is -3.55. The minimum absolute atomic E-state index is 0.0765. The van der Waals surface area contributed by atoms with E-state index in [2.05, 4.69) is 10.0 Å². The van der Waals surface area contributed by atoms with Gasteiger partial charge < -0.3 is 9.73 Å². The van der Waals surface area contributed by atoms with Crippen molar-refractivity contribution in [3.8, 4) is 0 Å². The van der Waals surface area contributed by atoms with Crippen molar-refractivity contribution in [2.45, 2.75) is 13.8 Å². The minimum Gasteiger partial charge on any atom is -0.421 e. The number of anilines is 2. The molecule has 0 aliphatic rings. The van der Waals surface area contributed by atoms with Gasteiger partial charge >= 0.3 is 5.63 Å². The van der Waals surface area contributed by atoms with Gasteiger partial charge in [-0.25, -0.2) is 13.2 Å². The van der Waals surface area contributed by atoms with Gasteiger partial charge in [-0.05, 0) is 26.0 Å². The minimum atomic E-state index is -3.55. The van der Waals surface area contributed by atoms with Gasteiger partial charge in [0.05, 0.1) is 11.4 Å². The molecule has 2 rings (SSSR count). The van der Waals surface area contributed by atoms with Crippen molar-refractivity contribution >= 4 is 32.4 Å². The summed E-state index contributed by atoms with van der Waals surface area (Å²) >= 11 is 0. The van der Waals surface area contributed by atoms with Crippen LogP contribution in [0, 0.1) is 0 Å². The number of hydrogen-bond donors (Lipinski definition) is 2. The van der Waals surface area contributed by atoms with E-state index in [1.165, 1.54) is 6.92 Å². The van der Waals surface area contributed by atoms with Gasteiger partial charge in [-0.3, -0.25) is 4.72 Å². The predicted octanol–water partition coefficient (Wildman–Crippen LogP) is 1.99. The average molecular weight is 296 g/mol. The summed E-state index contributed by atoms with van der Waals surface area (Å²) in [5.41, 5.74) is 0.0633. The molecule has 0 radical (unpaired) electrons. The summed E-state index contributed by atoms with van der Waals surface area (Å²) in [5, 5.41) is 3.68. The lowest BCUT2D eigenvalue weighted by molar-refractivity contribution is 0.563. The Bertz CT molecular complexity index is 781. The zero-order valence-electron chi connectivity index (χ0n) is 11.3. The van der Waals surface area contributed by atoms with Crippen molar-refractivity contribution in [1.29, 1.82) is 0 Å². The average Bonchev–Trinajstić information content (AvgIpc) is 2.42. The molecule has 108 valence electrons. The fourth-order valence-electron chi connectivity index (χ4n) is 1.83. The first-order valence-corrected chi connectivity index (χ1v) is 7.94. The van der Waals surface area contributed by atoms with Gasteiger partial charge in [0, 0.05) is 11.9 Å². The molecular formula is C13H16N2O4S. The van der Waals surface area contributed by atoms with Gasteiger partial charge in [0.2, 0.25) is 10.0 Å². The van der Waals surface area contributed by atoms with Gasteiger partial charge in [-0.15, -0.1) is 0 Å². The number of sulfonamides is 1. The van der Waals surface area contributed by atoms with Crippen LogP contribution >= 0.6 is 0 Å². The first kappa shape index (κ1) is 14.4. The Hall–Kier alpha value is -2.02. The summed E-state index contributed by atoms with van der Waals surface area (Å²) < 4.78 is 30.8. The second-order valence-corrected chi connectivity index (χ2v) is 6.18. The molecule has 0 aliphatic carbocycles. The fourth-order valence-corrected chi connectivity index (χ4v) is 2.47. The number of para-hydroxylation sites is 1. The summed E-state index contributed by atoms with van der Waals surface area (Å²) in [6, 6.07) is 6.97. The Morgan fingerprint density at radius 2 is 1.85 bits per heavy atom. The Kier molecular flexibility index (Phi) is 3.99. The zero-order chi connectivity index (χ0) is 14.8. The monoisotopic (exact) mass is 296 g/mol. The van der Waals surface area contributed by atoms with Crippen LogP contribution in [0.3, 0.4) is 0 Å². The SMILES string of the molecule is CCNc1c(NS(=O)(=O)CC)c(=O)oc2ccccc12. The van der Waals surface area contributed by atoms with Crippen LogP contribution < -0.4 is 15.7 Å². The lowest BCUT2D eigenvalue weighted by Gasteiger charge is -2.13. The van der Waals surface area contributed by atoms with Crippen molar-refractivity contribution in [2.75, 3.05) is 22.3 Å². The highest BCUT2D eigenvalue weighted by Crippen LogP contribution is 2.28. The molecule has 0 saturated heterocycles. The third-order valence-electron chi connectivity index (χ3n) is 2.80. The van der Waals surface area contributed by atoms with Crippen molar-refractivity contribution in [1.82, 2.24) is 0 Å². The number of benzene rings is 1. The predicted molar refractivity (Wildman–Crippen MR) is 79.7 cm³/mol. The Morgan fingerprint density at radius 3 is 2.50 bits per heavy atom. The van der Waals surface area contributed by atoms with E-state index >= 15 is 0 Å². The lowest BCUT2D eigenvalue weighted by Crippen LogP contribution is -2.21. The van der Waals surface area contributed by atoms with Crippen LogP contribution in [0.15, 0.2) is 33.5 Å². The second kappa shape index (κ2) is 5.54. The van der Waals surface area contributed by atoms with Crippen LogP contribution in [0.2, 0.25) is 0 Å². The van der Waals surface area contributed by atoms with Gasteiger partial charge in [0.1, 0.15) is 5.58 Å². The van der Waals surface area contributed by atoms with Gasteiger partial charge in [-0.2, -0.15) is 0 Å². The van der Waals surface area contributed by atoms with E-state index in [0.717, 1.165) is 0 Å². The number of rotatable bonds is 5. The third-order valence-corrected chi connectivity index (χ3v) is 4.08. The van der Waals surface area contributed by atoms with Gasteiger partial charge in [-0.1, -0.05) is 12.1 Å². The lowest BCUT2D eigenvalue weighted by atomic mass is 10.2. The summed E-state index contributed by atoms with van der Waals surface area (Å²) in [6.45, 7) is 3.91. The van der Waals surface area contributed by atoms with Gasteiger partial charge in [0.15, 0.2) is 5.69 Å². The van der Waals surface area contributed by atoms with Crippen LogP contribution in [0.25, 0.3) is 11.0 Å². The first-order valence-electron chi connectivity index (χ1n) is 6.28. The molecule has 0 amide bonds. The molecular weight excluding hydrogens is 280 g/mol. The van der Waals surface area contributed by atoms with E-state index in [9.17, 15) is 13.2 Å². The number of nitrogens with one attached hydrogen (secondary N) is 2. The highest BCUT2D eigenvalue weighted by molar-refractivity contribution is 7.92. The van der Waals surface area contributed by atoms with E-state index in [1.807, 2.05) is 6.92 Å². The molecule has 0 spiro atoms. The van der Waals surface area contributed by atoms with E-state index in [4.69, 9.17) is 4.42 Å². The molecule has 7 heteroatoms. The first-order chi connectivity index (χ1) is 9.48. The number of hydrogen-bond acceptors (Lipinski definition) is 5. The number of fused-ring (bicyclic) bond motifs is 1. The maximum absolute atomic E-state index is 12.0. The smallest absolute Gasteiger partial charge is 0.363 e. The molecule has 2 N–H and O–H groups in total. The van der Waals surface area contributed by atoms with Crippen molar-refractivity contribution in [2.24, 2.45) is 0 Å². The van der Waals surface area contributed by atoms with Crippen LogP contribution in [-0.4, -0.2) is 20.7 Å². The van der Waals surface area contributed by atoms with E-state index in [0.29, 0.717) is 23.2 Å².